The molecule has 1 unspecified atom stereocenters. The molecule has 0 saturated heterocycles. The molecule has 1 heteroatoms. The molecular formula is C17H27Cl. The van der Waals surface area contributed by atoms with Crippen molar-refractivity contribution < 1.29 is 0 Å². The highest BCUT2D eigenvalue weighted by molar-refractivity contribution is 6.20. The summed E-state index contributed by atoms with van der Waals surface area (Å²) in [6, 6.07) is 6.79. The Kier molecular flexibility index (Phi) is 7.42. The predicted octanol–water partition coefficient (Wildman–Crippen LogP) is 6.06. The molecule has 0 aliphatic carbocycles. The maximum atomic E-state index is 6.51. The summed E-state index contributed by atoms with van der Waals surface area (Å²) in [5.41, 5.74) is 4.24. The predicted molar refractivity (Wildman–Crippen MR) is 82.6 cm³/mol. The third kappa shape index (κ3) is 4.65. The largest absolute Gasteiger partial charge is 0.118 e. The first-order valence-corrected chi connectivity index (χ1v) is 7.92. The molecular weight excluding hydrogens is 240 g/mol. The van der Waals surface area contributed by atoms with Crippen molar-refractivity contribution in [3.63, 3.8) is 0 Å². The molecule has 1 rings (SSSR count). The van der Waals surface area contributed by atoms with Crippen LogP contribution in [0.2, 0.25) is 0 Å². The highest BCUT2D eigenvalue weighted by Gasteiger charge is 2.09. The molecule has 0 aromatic heterocycles. The van der Waals surface area contributed by atoms with Gasteiger partial charge in [-0.1, -0.05) is 64.7 Å². The fourth-order valence-corrected chi connectivity index (χ4v) is 2.72. The highest BCUT2D eigenvalue weighted by atomic mass is 35.5. The Balaban J connectivity index is 2.59. The molecule has 1 aromatic carbocycles. The van der Waals surface area contributed by atoms with Gasteiger partial charge in [0.1, 0.15) is 0 Å². The van der Waals surface area contributed by atoms with E-state index in [0.717, 1.165) is 19.3 Å². The third-order valence-electron chi connectivity index (χ3n) is 3.66. The average Bonchev–Trinajstić information content (AvgIpc) is 2.42. The maximum Gasteiger partial charge on any atom is 0.0585 e. The second-order valence-corrected chi connectivity index (χ2v) is 5.58. The summed E-state index contributed by atoms with van der Waals surface area (Å²) in [6.07, 6.45) is 8.52. The zero-order chi connectivity index (χ0) is 13.4. The van der Waals surface area contributed by atoms with E-state index in [1.165, 1.54) is 42.4 Å². The van der Waals surface area contributed by atoms with Crippen LogP contribution >= 0.6 is 11.6 Å². The van der Waals surface area contributed by atoms with Crippen LogP contribution in [0, 0.1) is 0 Å². The minimum Gasteiger partial charge on any atom is -0.118 e. The highest BCUT2D eigenvalue weighted by Crippen LogP contribution is 2.28. The topological polar surface area (TPSA) is 0 Å². The smallest absolute Gasteiger partial charge is 0.0585 e. The number of aryl methyl sites for hydroxylation is 2. The van der Waals surface area contributed by atoms with E-state index in [0.29, 0.717) is 0 Å². The SMILES string of the molecule is CCCCCCC(Cl)c1ccc(CC)c(CC)c1. The van der Waals surface area contributed by atoms with Gasteiger partial charge < -0.3 is 0 Å². The van der Waals surface area contributed by atoms with E-state index in [1.807, 2.05) is 0 Å². The van der Waals surface area contributed by atoms with E-state index in [-0.39, 0.29) is 5.38 Å². The van der Waals surface area contributed by atoms with Crippen molar-refractivity contribution in [3.8, 4) is 0 Å². The van der Waals surface area contributed by atoms with Gasteiger partial charge in [-0.25, -0.2) is 0 Å². The number of rotatable bonds is 8. The minimum atomic E-state index is 0.193. The summed E-state index contributed by atoms with van der Waals surface area (Å²) >= 11 is 6.51. The molecule has 0 saturated carbocycles. The third-order valence-corrected chi connectivity index (χ3v) is 4.14. The van der Waals surface area contributed by atoms with Crippen LogP contribution in [0.1, 0.15) is 74.9 Å². The van der Waals surface area contributed by atoms with Crippen LogP contribution in [0.4, 0.5) is 0 Å². The second kappa shape index (κ2) is 8.58. The summed E-state index contributed by atoms with van der Waals surface area (Å²) in [7, 11) is 0. The van der Waals surface area contributed by atoms with Crippen LogP contribution in [0.15, 0.2) is 18.2 Å². The second-order valence-electron chi connectivity index (χ2n) is 5.05. The fraction of sp³-hybridized carbons (Fsp3) is 0.647. The standard InChI is InChI=1S/C17H27Cl/c1-4-7-8-9-10-17(18)16-12-11-14(5-2)15(6-3)13-16/h11-13,17H,4-10H2,1-3H3. The Hall–Kier alpha value is -0.490. The zero-order valence-corrected chi connectivity index (χ0v) is 12.9. The van der Waals surface area contributed by atoms with Crippen molar-refractivity contribution in [2.24, 2.45) is 0 Å². The lowest BCUT2D eigenvalue weighted by Crippen LogP contribution is -1.96. The first-order valence-electron chi connectivity index (χ1n) is 7.48. The molecule has 0 bridgehead atoms. The van der Waals surface area contributed by atoms with Gasteiger partial charge in [-0.15, -0.1) is 11.6 Å². The zero-order valence-electron chi connectivity index (χ0n) is 12.1. The van der Waals surface area contributed by atoms with Gasteiger partial charge in [0.05, 0.1) is 5.38 Å². The van der Waals surface area contributed by atoms with Gasteiger partial charge in [0.2, 0.25) is 0 Å². The normalized spacial score (nSPS) is 12.7. The molecule has 1 aromatic rings. The van der Waals surface area contributed by atoms with E-state index in [2.05, 4.69) is 39.0 Å². The van der Waals surface area contributed by atoms with Crippen molar-refractivity contribution in [2.45, 2.75) is 71.1 Å². The molecule has 102 valence electrons. The van der Waals surface area contributed by atoms with E-state index in [1.54, 1.807) is 0 Å². The number of benzene rings is 1. The van der Waals surface area contributed by atoms with Crippen molar-refractivity contribution in [2.75, 3.05) is 0 Å². The molecule has 0 fully saturated rings. The van der Waals surface area contributed by atoms with E-state index < -0.39 is 0 Å². The number of alkyl halides is 1. The summed E-state index contributed by atoms with van der Waals surface area (Å²) in [5, 5.41) is 0.193. The van der Waals surface area contributed by atoms with Crippen molar-refractivity contribution in [1.29, 1.82) is 0 Å². The molecule has 0 radical (unpaired) electrons. The quantitative estimate of drug-likeness (QED) is 0.396. The van der Waals surface area contributed by atoms with Crippen molar-refractivity contribution >= 4 is 11.6 Å². The maximum absolute atomic E-state index is 6.51. The Bertz CT molecular complexity index is 343. The van der Waals surface area contributed by atoms with E-state index in [9.17, 15) is 0 Å². The van der Waals surface area contributed by atoms with Crippen LogP contribution in [-0.4, -0.2) is 0 Å². The Labute approximate surface area is 118 Å². The van der Waals surface area contributed by atoms with Gasteiger partial charge in [-0.3, -0.25) is 0 Å². The van der Waals surface area contributed by atoms with Gasteiger partial charge in [0, 0.05) is 0 Å². The molecule has 0 heterocycles. The van der Waals surface area contributed by atoms with Gasteiger partial charge in [0.25, 0.3) is 0 Å². The minimum absolute atomic E-state index is 0.193. The number of hydrogen-bond donors (Lipinski definition) is 0. The summed E-state index contributed by atoms with van der Waals surface area (Å²) < 4.78 is 0. The molecule has 0 aliphatic rings. The van der Waals surface area contributed by atoms with Crippen molar-refractivity contribution in [3.05, 3.63) is 34.9 Å². The van der Waals surface area contributed by atoms with Crippen LogP contribution in [-0.2, 0) is 12.8 Å². The lowest BCUT2D eigenvalue weighted by Gasteiger charge is -2.13. The molecule has 0 spiro atoms. The lowest BCUT2D eigenvalue weighted by molar-refractivity contribution is 0.623. The van der Waals surface area contributed by atoms with Gasteiger partial charge in [-0.2, -0.15) is 0 Å². The first kappa shape index (κ1) is 15.6. The van der Waals surface area contributed by atoms with Crippen LogP contribution in [0.25, 0.3) is 0 Å². The molecule has 0 aliphatic heterocycles. The van der Waals surface area contributed by atoms with Crippen LogP contribution < -0.4 is 0 Å². The first-order chi connectivity index (χ1) is 8.72. The Morgan fingerprint density at radius 1 is 0.944 bits per heavy atom. The molecule has 0 amide bonds. The van der Waals surface area contributed by atoms with Gasteiger partial charge in [-0.05, 0) is 36.0 Å². The van der Waals surface area contributed by atoms with Gasteiger partial charge >= 0.3 is 0 Å². The monoisotopic (exact) mass is 266 g/mol. The average molecular weight is 267 g/mol. The number of halogens is 1. The molecule has 1 atom stereocenters. The number of hydrogen-bond acceptors (Lipinski definition) is 0. The molecule has 0 nitrogen and oxygen atoms in total. The molecule has 18 heavy (non-hydrogen) atoms. The Morgan fingerprint density at radius 2 is 1.67 bits per heavy atom. The van der Waals surface area contributed by atoms with Crippen LogP contribution in [0.5, 0.6) is 0 Å². The van der Waals surface area contributed by atoms with E-state index in [4.69, 9.17) is 11.6 Å². The Morgan fingerprint density at radius 3 is 2.28 bits per heavy atom. The molecule has 0 N–H and O–H groups in total. The van der Waals surface area contributed by atoms with Crippen LogP contribution in [0.3, 0.4) is 0 Å². The summed E-state index contributed by atoms with van der Waals surface area (Å²) in [5.74, 6) is 0. The summed E-state index contributed by atoms with van der Waals surface area (Å²) in [6.45, 7) is 6.69. The summed E-state index contributed by atoms with van der Waals surface area (Å²) in [4.78, 5) is 0. The fourth-order valence-electron chi connectivity index (χ4n) is 2.43. The van der Waals surface area contributed by atoms with Crippen molar-refractivity contribution in [1.82, 2.24) is 0 Å². The number of unbranched alkanes of at least 4 members (excludes halogenated alkanes) is 3. The lowest BCUT2D eigenvalue weighted by atomic mass is 9.97. The van der Waals surface area contributed by atoms with Gasteiger partial charge in [0.15, 0.2) is 0 Å². The van der Waals surface area contributed by atoms with E-state index >= 15 is 0 Å².